The molecule has 0 unspecified atom stereocenters. The van der Waals surface area contributed by atoms with Crippen LogP contribution in [-0.4, -0.2) is 29.5 Å². The highest BCUT2D eigenvalue weighted by atomic mass is 16.7. The molecule has 6 nitrogen and oxygen atoms in total. The summed E-state index contributed by atoms with van der Waals surface area (Å²) in [4.78, 5) is 38.9. The van der Waals surface area contributed by atoms with Crippen LogP contribution in [0.15, 0.2) is 24.3 Å². The van der Waals surface area contributed by atoms with Crippen molar-refractivity contribution in [3.8, 4) is 5.75 Å². The van der Waals surface area contributed by atoms with Crippen LogP contribution in [0.5, 0.6) is 5.75 Å². The fourth-order valence-corrected chi connectivity index (χ4v) is 2.00. The molecular weight excluding hydrogens is 286 g/mol. The molecule has 22 heavy (non-hydrogen) atoms. The van der Waals surface area contributed by atoms with Gasteiger partial charge in [0.25, 0.3) is 11.8 Å². The van der Waals surface area contributed by atoms with Crippen molar-refractivity contribution in [3.05, 3.63) is 29.8 Å². The fraction of sp³-hybridized carbons (Fsp3) is 0.438. The van der Waals surface area contributed by atoms with E-state index in [0.717, 1.165) is 5.75 Å². The van der Waals surface area contributed by atoms with Crippen molar-refractivity contribution in [1.82, 2.24) is 5.06 Å². The van der Waals surface area contributed by atoms with E-state index >= 15 is 0 Å². The van der Waals surface area contributed by atoms with Crippen molar-refractivity contribution in [1.29, 1.82) is 0 Å². The Kier molecular flexibility index (Phi) is 5.52. The lowest BCUT2D eigenvalue weighted by Crippen LogP contribution is -2.31. The summed E-state index contributed by atoms with van der Waals surface area (Å²) in [7, 11) is 0. The minimum Gasteiger partial charge on any atom is -0.494 e. The van der Waals surface area contributed by atoms with Crippen LogP contribution in [0.3, 0.4) is 0 Å². The summed E-state index contributed by atoms with van der Waals surface area (Å²) in [6.07, 6.45) is 1.62. The molecule has 1 aliphatic rings. The number of rotatable bonds is 7. The van der Waals surface area contributed by atoms with Crippen molar-refractivity contribution in [2.75, 3.05) is 6.61 Å². The van der Waals surface area contributed by atoms with Gasteiger partial charge in [-0.3, -0.25) is 9.59 Å². The van der Waals surface area contributed by atoms with Gasteiger partial charge in [-0.25, -0.2) is 4.79 Å². The quantitative estimate of drug-likeness (QED) is 0.570. The molecule has 0 bridgehead atoms. The summed E-state index contributed by atoms with van der Waals surface area (Å²) in [6.45, 7) is 2.50. The summed E-state index contributed by atoms with van der Waals surface area (Å²) in [5.41, 5.74) is 1.17. The zero-order valence-electron chi connectivity index (χ0n) is 12.5. The third-order valence-corrected chi connectivity index (χ3v) is 3.26. The van der Waals surface area contributed by atoms with E-state index in [2.05, 4.69) is 0 Å². The Labute approximate surface area is 129 Å². The van der Waals surface area contributed by atoms with Crippen LogP contribution in [0, 0.1) is 6.92 Å². The summed E-state index contributed by atoms with van der Waals surface area (Å²) in [5, 5.41) is 0.575. The van der Waals surface area contributed by atoms with Gasteiger partial charge in [0.05, 0.1) is 6.61 Å². The van der Waals surface area contributed by atoms with Crippen LogP contribution in [-0.2, 0) is 19.2 Å². The van der Waals surface area contributed by atoms with Crippen molar-refractivity contribution < 1.29 is 24.0 Å². The maximum Gasteiger partial charge on any atom is 0.333 e. The fourth-order valence-electron chi connectivity index (χ4n) is 2.00. The van der Waals surface area contributed by atoms with Gasteiger partial charge in [-0.2, -0.15) is 0 Å². The number of carbonyl (C=O) groups is 3. The maximum absolute atomic E-state index is 11.6. The van der Waals surface area contributed by atoms with Gasteiger partial charge in [-0.1, -0.05) is 17.7 Å². The Balaban J connectivity index is 1.60. The largest absolute Gasteiger partial charge is 0.494 e. The van der Waals surface area contributed by atoms with Gasteiger partial charge in [-0.05, 0) is 31.9 Å². The summed E-state index contributed by atoms with van der Waals surface area (Å²) in [6, 6.07) is 7.73. The highest BCUT2D eigenvalue weighted by molar-refractivity contribution is 6.01. The Morgan fingerprint density at radius 1 is 1.09 bits per heavy atom. The van der Waals surface area contributed by atoms with E-state index < -0.39 is 17.8 Å². The Morgan fingerprint density at radius 3 is 2.36 bits per heavy atom. The zero-order chi connectivity index (χ0) is 15.9. The smallest absolute Gasteiger partial charge is 0.333 e. The molecule has 2 rings (SSSR count). The molecule has 0 radical (unpaired) electrons. The Morgan fingerprint density at radius 2 is 1.73 bits per heavy atom. The number of amides is 2. The molecule has 1 heterocycles. The minimum absolute atomic E-state index is 0.108. The normalized spacial score (nSPS) is 14.3. The number of nitrogens with zero attached hydrogens (tertiary/aromatic N) is 1. The topological polar surface area (TPSA) is 72.9 Å². The maximum atomic E-state index is 11.6. The van der Waals surface area contributed by atoms with Crippen LogP contribution in [0.4, 0.5) is 0 Å². The first kappa shape index (κ1) is 16.0. The van der Waals surface area contributed by atoms with Crippen molar-refractivity contribution in [2.24, 2.45) is 0 Å². The summed E-state index contributed by atoms with van der Waals surface area (Å²) >= 11 is 0. The van der Waals surface area contributed by atoms with Crippen LogP contribution >= 0.6 is 0 Å². The molecule has 1 fully saturated rings. The number of hydrogen-bond acceptors (Lipinski definition) is 5. The molecule has 1 aliphatic heterocycles. The van der Waals surface area contributed by atoms with Crippen LogP contribution < -0.4 is 4.74 Å². The molecule has 1 aromatic carbocycles. The zero-order valence-corrected chi connectivity index (χ0v) is 12.5. The standard InChI is InChI=1S/C16H19NO5/c1-12-5-7-13(8-6-12)21-11-3-2-4-16(20)22-17-14(18)9-10-15(17)19/h5-8H,2-4,9-11H2,1H3. The van der Waals surface area contributed by atoms with Crippen LogP contribution in [0.25, 0.3) is 0 Å². The number of carbonyl (C=O) groups excluding carboxylic acids is 3. The van der Waals surface area contributed by atoms with Gasteiger partial charge in [0.2, 0.25) is 0 Å². The number of benzene rings is 1. The predicted molar refractivity (Wildman–Crippen MR) is 77.7 cm³/mol. The van der Waals surface area contributed by atoms with Gasteiger partial charge >= 0.3 is 5.97 Å². The highest BCUT2D eigenvalue weighted by Crippen LogP contribution is 2.14. The Bertz CT molecular complexity index is 536. The second kappa shape index (κ2) is 7.59. The van der Waals surface area contributed by atoms with Crippen LogP contribution in [0.2, 0.25) is 0 Å². The van der Waals surface area contributed by atoms with E-state index in [1.165, 1.54) is 5.56 Å². The molecule has 0 aliphatic carbocycles. The van der Waals surface area contributed by atoms with Gasteiger partial charge in [0.1, 0.15) is 5.75 Å². The average Bonchev–Trinajstić information content (AvgIpc) is 2.81. The summed E-state index contributed by atoms with van der Waals surface area (Å²) in [5.74, 6) is -0.692. The minimum atomic E-state index is -0.570. The molecule has 118 valence electrons. The van der Waals surface area contributed by atoms with Gasteiger partial charge in [0.15, 0.2) is 0 Å². The molecule has 0 aromatic heterocycles. The lowest BCUT2D eigenvalue weighted by Gasteiger charge is -2.12. The molecule has 0 atom stereocenters. The number of aryl methyl sites for hydroxylation is 1. The number of ether oxygens (including phenoxy) is 1. The van der Waals surface area contributed by atoms with E-state index in [9.17, 15) is 14.4 Å². The second-order valence-electron chi connectivity index (χ2n) is 5.16. The SMILES string of the molecule is Cc1ccc(OCCCCC(=O)ON2C(=O)CCC2=O)cc1. The Hall–Kier alpha value is -2.37. The predicted octanol–water partition coefficient (Wildman–Crippen LogP) is 2.15. The van der Waals surface area contributed by atoms with Crippen molar-refractivity contribution in [2.45, 2.75) is 39.0 Å². The van der Waals surface area contributed by atoms with E-state index in [1.54, 1.807) is 0 Å². The summed E-state index contributed by atoms with van der Waals surface area (Å²) < 4.78 is 5.54. The highest BCUT2D eigenvalue weighted by Gasteiger charge is 2.32. The third kappa shape index (κ3) is 4.58. The number of hydrogen-bond donors (Lipinski definition) is 0. The van der Waals surface area contributed by atoms with Crippen LogP contribution in [0.1, 0.15) is 37.7 Å². The van der Waals surface area contributed by atoms with Gasteiger partial charge < -0.3 is 9.57 Å². The first-order valence-electron chi connectivity index (χ1n) is 7.32. The number of unbranched alkanes of at least 4 members (excludes halogenated alkanes) is 1. The molecule has 1 saturated heterocycles. The molecule has 2 amide bonds. The van der Waals surface area contributed by atoms with E-state index in [4.69, 9.17) is 9.57 Å². The van der Waals surface area contributed by atoms with E-state index in [0.29, 0.717) is 24.5 Å². The second-order valence-corrected chi connectivity index (χ2v) is 5.16. The third-order valence-electron chi connectivity index (χ3n) is 3.26. The molecule has 1 aromatic rings. The first-order chi connectivity index (χ1) is 10.6. The number of imide groups is 1. The lowest BCUT2D eigenvalue weighted by molar-refractivity contribution is -0.197. The van der Waals surface area contributed by atoms with Gasteiger partial charge in [0, 0.05) is 19.3 Å². The molecule has 0 N–H and O–H groups in total. The molecule has 0 saturated carbocycles. The average molecular weight is 305 g/mol. The molecular formula is C16H19NO5. The number of hydroxylamine groups is 2. The lowest BCUT2D eigenvalue weighted by atomic mass is 10.2. The van der Waals surface area contributed by atoms with Crippen molar-refractivity contribution >= 4 is 17.8 Å². The van der Waals surface area contributed by atoms with E-state index in [-0.39, 0.29) is 19.3 Å². The van der Waals surface area contributed by atoms with E-state index in [1.807, 2.05) is 31.2 Å². The molecule has 6 heteroatoms. The first-order valence-corrected chi connectivity index (χ1v) is 7.32. The van der Waals surface area contributed by atoms with Gasteiger partial charge in [-0.15, -0.1) is 5.06 Å². The monoisotopic (exact) mass is 305 g/mol. The van der Waals surface area contributed by atoms with Crippen molar-refractivity contribution in [3.63, 3.8) is 0 Å². The molecule has 0 spiro atoms.